The summed E-state index contributed by atoms with van der Waals surface area (Å²) in [5, 5.41) is 12.7. The van der Waals surface area contributed by atoms with Gasteiger partial charge in [0.25, 0.3) is 5.91 Å². The van der Waals surface area contributed by atoms with Crippen molar-refractivity contribution in [1.82, 2.24) is 5.32 Å². The van der Waals surface area contributed by atoms with Crippen molar-refractivity contribution in [3.63, 3.8) is 0 Å². The SMILES string of the molecule is O=C(NCC(O)c1ccco1)c1cccc(OC2CCCCC2)c1. The fourth-order valence-electron chi connectivity index (χ4n) is 2.96. The highest BCUT2D eigenvalue weighted by Gasteiger charge is 2.16. The minimum atomic E-state index is -0.856. The molecule has 0 saturated heterocycles. The molecule has 5 nitrogen and oxygen atoms in total. The van der Waals surface area contributed by atoms with Gasteiger partial charge in [-0.05, 0) is 56.0 Å². The van der Waals surface area contributed by atoms with Gasteiger partial charge in [-0.1, -0.05) is 12.5 Å². The molecule has 24 heavy (non-hydrogen) atoms. The molecule has 2 aromatic rings. The van der Waals surface area contributed by atoms with E-state index in [0.29, 0.717) is 11.3 Å². The van der Waals surface area contributed by atoms with Crippen molar-refractivity contribution < 1.29 is 19.1 Å². The van der Waals surface area contributed by atoms with Crippen molar-refractivity contribution in [3.8, 4) is 5.75 Å². The molecule has 1 aliphatic rings. The number of benzene rings is 1. The minimum absolute atomic E-state index is 0.0973. The summed E-state index contributed by atoms with van der Waals surface area (Å²) in [4.78, 5) is 12.3. The van der Waals surface area contributed by atoms with Crippen LogP contribution in [0.3, 0.4) is 0 Å². The van der Waals surface area contributed by atoms with E-state index in [0.717, 1.165) is 18.6 Å². The van der Waals surface area contributed by atoms with Gasteiger partial charge in [0.1, 0.15) is 17.6 Å². The van der Waals surface area contributed by atoms with Gasteiger partial charge >= 0.3 is 0 Å². The van der Waals surface area contributed by atoms with Crippen LogP contribution in [0, 0.1) is 0 Å². The first-order valence-electron chi connectivity index (χ1n) is 8.49. The maximum atomic E-state index is 12.3. The summed E-state index contributed by atoms with van der Waals surface area (Å²) >= 11 is 0. The molecule has 0 bridgehead atoms. The Labute approximate surface area is 141 Å². The molecule has 1 aromatic carbocycles. The molecule has 1 fully saturated rings. The molecular weight excluding hydrogens is 306 g/mol. The first-order chi connectivity index (χ1) is 11.7. The predicted molar refractivity (Wildman–Crippen MR) is 89.9 cm³/mol. The number of carbonyl (C=O) groups is 1. The number of aliphatic hydroxyl groups excluding tert-OH is 1. The van der Waals surface area contributed by atoms with Crippen LogP contribution in [-0.4, -0.2) is 23.7 Å². The summed E-state index contributed by atoms with van der Waals surface area (Å²) in [6, 6.07) is 10.6. The zero-order valence-corrected chi connectivity index (χ0v) is 13.6. The molecule has 0 aliphatic heterocycles. The Morgan fingerprint density at radius 2 is 2.08 bits per heavy atom. The zero-order valence-electron chi connectivity index (χ0n) is 13.6. The van der Waals surface area contributed by atoms with Crippen LogP contribution < -0.4 is 10.1 Å². The fraction of sp³-hybridized carbons (Fsp3) is 0.421. The van der Waals surface area contributed by atoms with Crippen molar-refractivity contribution in [2.75, 3.05) is 6.54 Å². The van der Waals surface area contributed by atoms with E-state index < -0.39 is 6.10 Å². The molecule has 3 rings (SSSR count). The Morgan fingerprint density at radius 1 is 1.25 bits per heavy atom. The second kappa shape index (κ2) is 8.02. The van der Waals surface area contributed by atoms with Crippen molar-refractivity contribution in [2.24, 2.45) is 0 Å². The number of ether oxygens (including phenoxy) is 1. The molecule has 1 saturated carbocycles. The van der Waals surface area contributed by atoms with Gasteiger partial charge < -0.3 is 19.6 Å². The predicted octanol–water partition coefficient (Wildman–Crippen LogP) is 3.45. The lowest BCUT2D eigenvalue weighted by Gasteiger charge is -2.23. The number of hydrogen-bond donors (Lipinski definition) is 2. The highest BCUT2D eigenvalue weighted by Crippen LogP contribution is 2.24. The lowest BCUT2D eigenvalue weighted by Crippen LogP contribution is -2.28. The maximum Gasteiger partial charge on any atom is 0.251 e. The largest absolute Gasteiger partial charge is 0.490 e. The van der Waals surface area contributed by atoms with Crippen molar-refractivity contribution >= 4 is 5.91 Å². The second-order valence-electron chi connectivity index (χ2n) is 6.15. The Balaban J connectivity index is 1.55. The molecule has 5 heteroatoms. The van der Waals surface area contributed by atoms with E-state index in [1.807, 2.05) is 12.1 Å². The van der Waals surface area contributed by atoms with Gasteiger partial charge in [-0.25, -0.2) is 0 Å². The van der Waals surface area contributed by atoms with Crippen molar-refractivity contribution in [2.45, 2.75) is 44.3 Å². The molecule has 128 valence electrons. The first kappa shape index (κ1) is 16.6. The van der Waals surface area contributed by atoms with Crippen LogP contribution in [0.5, 0.6) is 5.75 Å². The van der Waals surface area contributed by atoms with E-state index in [1.165, 1.54) is 25.5 Å². The summed E-state index contributed by atoms with van der Waals surface area (Å²) < 4.78 is 11.1. The number of rotatable bonds is 6. The van der Waals surface area contributed by atoms with Crippen LogP contribution in [0.2, 0.25) is 0 Å². The van der Waals surface area contributed by atoms with E-state index in [1.54, 1.807) is 24.3 Å². The van der Waals surface area contributed by atoms with Gasteiger partial charge in [0.15, 0.2) is 0 Å². The molecule has 1 aliphatic carbocycles. The zero-order chi connectivity index (χ0) is 16.8. The summed E-state index contributed by atoms with van der Waals surface area (Å²) in [6.45, 7) is 0.0973. The number of nitrogens with one attached hydrogen (secondary N) is 1. The van der Waals surface area contributed by atoms with E-state index >= 15 is 0 Å². The monoisotopic (exact) mass is 329 g/mol. The lowest BCUT2D eigenvalue weighted by molar-refractivity contribution is 0.0900. The molecule has 1 unspecified atom stereocenters. The van der Waals surface area contributed by atoms with E-state index in [2.05, 4.69) is 5.32 Å². The number of carbonyl (C=O) groups excluding carboxylic acids is 1. The van der Waals surface area contributed by atoms with Crippen molar-refractivity contribution in [3.05, 3.63) is 54.0 Å². The third kappa shape index (κ3) is 4.38. The average Bonchev–Trinajstić information content (AvgIpc) is 3.15. The topological polar surface area (TPSA) is 71.7 Å². The van der Waals surface area contributed by atoms with Crippen LogP contribution >= 0.6 is 0 Å². The number of amides is 1. The minimum Gasteiger partial charge on any atom is -0.490 e. The number of hydrogen-bond acceptors (Lipinski definition) is 4. The molecule has 0 radical (unpaired) electrons. The lowest BCUT2D eigenvalue weighted by atomic mass is 9.98. The molecule has 1 atom stereocenters. The highest BCUT2D eigenvalue weighted by molar-refractivity contribution is 5.94. The van der Waals surface area contributed by atoms with Gasteiger partial charge in [-0.3, -0.25) is 4.79 Å². The summed E-state index contributed by atoms with van der Waals surface area (Å²) in [5.74, 6) is 0.917. The van der Waals surface area contributed by atoms with Crippen LogP contribution in [0.4, 0.5) is 0 Å². The summed E-state index contributed by atoms with van der Waals surface area (Å²) in [6.07, 6.45) is 6.72. The molecule has 1 amide bonds. The first-order valence-corrected chi connectivity index (χ1v) is 8.49. The van der Waals surface area contributed by atoms with Crippen LogP contribution in [0.15, 0.2) is 47.1 Å². The third-order valence-electron chi connectivity index (χ3n) is 4.28. The molecule has 1 aromatic heterocycles. The van der Waals surface area contributed by atoms with Crippen LogP contribution in [0.25, 0.3) is 0 Å². The van der Waals surface area contributed by atoms with Gasteiger partial charge in [0, 0.05) is 5.56 Å². The second-order valence-corrected chi connectivity index (χ2v) is 6.15. The molecule has 1 heterocycles. The average molecular weight is 329 g/mol. The fourth-order valence-corrected chi connectivity index (χ4v) is 2.96. The van der Waals surface area contributed by atoms with Crippen molar-refractivity contribution in [1.29, 1.82) is 0 Å². The highest BCUT2D eigenvalue weighted by atomic mass is 16.5. The van der Waals surface area contributed by atoms with Gasteiger partial charge in [-0.2, -0.15) is 0 Å². The van der Waals surface area contributed by atoms with E-state index in [4.69, 9.17) is 9.15 Å². The Hall–Kier alpha value is -2.27. The third-order valence-corrected chi connectivity index (χ3v) is 4.28. The number of furan rings is 1. The maximum absolute atomic E-state index is 12.3. The normalized spacial score (nSPS) is 16.5. The quantitative estimate of drug-likeness (QED) is 0.851. The number of aliphatic hydroxyl groups is 1. The van der Waals surface area contributed by atoms with Gasteiger partial charge in [0.2, 0.25) is 0 Å². The van der Waals surface area contributed by atoms with Crippen LogP contribution in [0.1, 0.15) is 54.3 Å². The van der Waals surface area contributed by atoms with Crippen LogP contribution in [-0.2, 0) is 0 Å². The Bertz CT molecular complexity index is 647. The summed E-state index contributed by atoms with van der Waals surface area (Å²) in [5.41, 5.74) is 0.523. The van der Waals surface area contributed by atoms with Gasteiger partial charge in [0.05, 0.1) is 18.9 Å². The Morgan fingerprint density at radius 3 is 2.83 bits per heavy atom. The smallest absolute Gasteiger partial charge is 0.251 e. The van der Waals surface area contributed by atoms with E-state index in [9.17, 15) is 9.90 Å². The standard InChI is InChI=1S/C19H23NO4/c21-17(18-10-5-11-23-18)13-20-19(22)14-6-4-9-16(12-14)24-15-7-2-1-3-8-15/h4-6,9-12,15,17,21H,1-3,7-8,13H2,(H,20,22). The van der Waals surface area contributed by atoms with E-state index in [-0.39, 0.29) is 18.6 Å². The Kier molecular flexibility index (Phi) is 5.54. The molecule has 0 spiro atoms. The molecular formula is C19H23NO4. The molecule has 2 N–H and O–H groups in total. The van der Waals surface area contributed by atoms with Gasteiger partial charge in [-0.15, -0.1) is 0 Å². The summed E-state index contributed by atoms with van der Waals surface area (Å²) in [7, 11) is 0.